The Balaban J connectivity index is 2.06. The van der Waals surface area contributed by atoms with Crippen molar-refractivity contribution in [3.8, 4) is 0 Å². The van der Waals surface area contributed by atoms with Gasteiger partial charge >= 0.3 is 0 Å². The molecule has 1 aromatic rings. The summed E-state index contributed by atoms with van der Waals surface area (Å²) in [5.74, 6) is 0. The van der Waals surface area contributed by atoms with Gasteiger partial charge in [-0.3, -0.25) is 4.90 Å². The van der Waals surface area contributed by atoms with E-state index in [1.807, 2.05) is 12.1 Å². The first-order valence-electron chi connectivity index (χ1n) is 6.81. The predicted octanol–water partition coefficient (Wildman–Crippen LogP) is 2.86. The summed E-state index contributed by atoms with van der Waals surface area (Å²) in [4.78, 5) is 4.94. The molecule has 1 heterocycles. The summed E-state index contributed by atoms with van der Waals surface area (Å²) in [7, 11) is 0. The number of hydrogen-bond donors (Lipinski definition) is 1. The maximum absolute atomic E-state index is 9.15. The standard InChI is InChI=1S/C15H23BrN2O/c1-15(2,3)18-8-6-17(7-9-18)14-5-4-12(11-19)10-13(14)16/h4-5,10,19H,6-9,11H2,1-3H3. The Labute approximate surface area is 124 Å². The highest BCUT2D eigenvalue weighted by Gasteiger charge is 2.26. The van der Waals surface area contributed by atoms with Gasteiger partial charge in [0.15, 0.2) is 0 Å². The minimum absolute atomic E-state index is 0.0939. The molecule has 0 atom stereocenters. The van der Waals surface area contributed by atoms with Gasteiger partial charge in [-0.1, -0.05) is 6.07 Å². The summed E-state index contributed by atoms with van der Waals surface area (Å²) in [5.41, 5.74) is 2.43. The first kappa shape index (κ1) is 14.8. The van der Waals surface area contributed by atoms with Crippen molar-refractivity contribution in [2.75, 3.05) is 31.1 Å². The van der Waals surface area contributed by atoms with Gasteiger partial charge in [0.25, 0.3) is 0 Å². The lowest BCUT2D eigenvalue weighted by atomic mass is 10.0. The molecule has 3 nitrogen and oxygen atoms in total. The number of halogens is 1. The zero-order valence-corrected chi connectivity index (χ0v) is 13.6. The van der Waals surface area contributed by atoms with Crippen LogP contribution in [0.25, 0.3) is 0 Å². The Morgan fingerprint density at radius 2 is 1.79 bits per heavy atom. The molecule has 2 rings (SSSR count). The quantitative estimate of drug-likeness (QED) is 0.905. The Morgan fingerprint density at radius 3 is 2.26 bits per heavy atom. The third kappa shape index (κ3) is 3.50. The molecular weight excluding hydrogens is 304 g/mol. The molecule has 1 aromatic carbocycles. The van der Waals surface area contributed by atoms with Crippen molar-refractivity contribution in [3.63, 3.8) is 0 Å². The Bertz CT molecular complexity index is 434. The molecule has 0 saturated carbocycles. The average molecular weight is 327 g/mol. The van der Waals surface area contributed by atoms with E-state index >= 15 is 0 Å². The van der Waals surface area contributed by atoms with E-state index < -0.39 is 0 Å². The lowest BCUT2D eigenvalue weighted by molar-refractivity contribution is 0.128. The third-order valence-corrected chi connectivity index (χ3v) is 4.40. The van der Waals surface area contributed by atoms with Gasteiger partial charge in [0.1, 0.15) is 0 Å². The second-order valence-electron chi connectivity index (χ2n) is 6.09. The fourth-order valence-corrected chi connectivity index (χ4v) is 3.20. The van der Waals surface area contributed by atoms with Crippen LogP contribution in [-0.2, 0) is 6.61 Å². The summed E-state index contributed by atoms with van der Waals surface area (Å²) in [5, 5.41) is 9.15. The maximum Gasteiger partial charge on any atom is 0.0682 e. The number of aliphatic hydroxyl groups is 1. The number of benzene rings is 1. The SMILES string of the molecule is CC(C)(C)N1CCN(c2ccc(CO)cc2Br)CC1. The lowest BCUT2D eigenvalue weighted by Gasteiger charge is -2.43. The minimum atomic E-state index is 0.0939. The first-order chi connectivity index (χ1) is 8.91. The topological polar surface area (TPSA) is 26.7 Å². The highest BCUT2D eigenvalue weighted by Crippen LogP contribution is 2.29. The lowest BCUT2D eigenvalue weighted by Crippen LogP contribution is -2.53. The second kappa shape index (κ2) is 5.81. The normalized spacial score (nSPS) is 17.8. The van der Waals surface area contributed by atoms with Crippen molar-refractivity contribution in [2.45, 2.75) is 32.9 Å². The van der Waals surface area contributed by atoms with Crippen LogP contribution in [0.2, 0.25) is 0 Å². The van der Waals surface area contributed by atoms with E-state index in [4.69, 9.17) is 5.11 Å². The summed E-state index contributed by atoms with van der Waals surface area (Å²) in [6, 6.07) is 6.10. The fourth-order valence-electron chi connectivity index (χ4n) is 2.52. The van der Waals surface area contributed by atoms with Gasteiger partial charge in [0.2, 0.25) is 0 Å². The maximum atomic E-state index is 9.15. The molecule has 1 saturated heterocycles. The van der Waals surface area contributed by atoms with Crippen LogP contribution in [0.3, 0.4) is 0 Å². The number of rotatable bonds is 2. The highest BCUT2D eigenvalue weighted by atomic mass is 79.9. The van der Waals surface area contributed by atoms with E-state index in [0.29, 0.717) is 0 Å². The number of anilines is 1. The molecule has 0 radical (unpaired) electrons. The molecule has 1 fully saturated rings. The fraction of sp³-hybridized carbons (Fsp3) is 0.600. The van der Waals surface area contributed by atoms with Crippen LogP contribution in [0, 0.1) is 0 Å². The molecule has 0 bridgehead atoms. The molecule has 1 N–H and O–H groups in total. The van der Waals surface area contributed by atoms with Crippen molar-refractivity contribution < 1.29 is 5.11 Å². The van der Waals surface area contributed by atoms with Crippen LogP contribution in [0.1, 0.15) is 26.3 Å². The number of nitrogens with zero attached hydrogens (tertiary/aromatic N) is 2. The zero-order valence-electron chi connectivity index (χ0n) is 12.0. The molecule has 0 amide bonds. The largest absolute Gasteiger partial charge is 0.392 e. The summed E-state index contributed by atoms with van der Waals surface area (Å²) in [6.45, 7) is 11.2. The average Bonchev–Trinajstić information content (AvgIpc) is 2.37. The predicted molar refractivity (Wildman–Crippen MR) is 83.6 cm³/mol. The molecule has 0 aliphatic carbocycles. The van der Waals surface area contributed by atoms with E-state index in [0.717, 1.165) is 36.2 Å². The molecule has 19 heavy (non-hydrogen) atoms. The van der Waals surface area contributed by atoms with Crippen LogP contribution in [0.15, 0.2) is 22.7 Å². The molecular formula is C15H23BrN2O. The second-order valence-corrected chi connectivity index (χ2v) is 6.94. The van der Waals surface area contributed by atoms with Crippen molar-refractivity contribution in [2.24, 2.45) is 0 Å². The van der Waals surface area contributed by atoms with E-state index in [2.05, 4.69) is 52.6 Å². The molecule has 4 heteroatoms. The number of hydrogen-bond acceptors (Lipinski definition) is 3. The summed E-state index contributed by atoms with van der Waals surface area (Å²) < 4.78 is 1.07. The van der Waals surface area contributed by atoms with Gasteiger partial charge in [-0.25, -0.2) is 0 Å². The van der Waals surface area contributed by atoms with Crippen LogP contribution >= 0.6 is 15.9 Å². The molecule has 1 aliphatic heterocycles. The smallest absolute Gasteiger partial charge is 0.0682 e. The van der Waals surface area contributed by atoms with Crippen LogP contribution < -0.4 is 4.90 Å². The summed E-state index contributed by atoms with van der Waals surface area (Å²) in [6.07, 6.45) is 0. The van der Waals surface area contributed by atoms with Crippen molar-refractivity contribution >= 4 is 21.6 Å². The first-order valence-corrected chi connectivity index (χ1v) is 7.60. The third-order valence-electron chi connectivity index (χ3n) is 3.76. The molecule has 1 aliphatic rings. The Morgan fingerprint density at radius 1 is 1.16 bits per heavy atom. The minimum Gasteiger partial charge on any atom is -0.392 e. The van der Waals surface area contributed by atoms with Crippen molar-refractivity contribution in [1.29, 1.82) is 0 Å². The van der Waals surface area contributed by atoms with Gasteiger partial charge in [0, 0.05) is 36.2 Å². The number of aliphatic hydroxyl groups excluding tert-OH is 1. The van der Waals surface area contributed by atoms with Gasteiger partial charge < -0.3 is 10.0 Å². The number of piperazine rings is 1. The van der Waals surface area contributed by atoms with Crippen molar-refractivity contribution in [1.82, 2.24) is 4.90 Å². The highest BCUT2D eigenvalue weighted by molar-refractivity contribution is 9.10. The zero-order chi connectivity index (χ0) is 14.0. The van der Waals surface area contributed by atoms with Crippen LogP contribution in [0.5, 0.6) is 0 Å². The Hall–Kier alpha value is -0.580. The molecule has 0 unspecified atom stereocenters. The van der Waals surface area contributed by atoms with Gasteiger partial charge in [0.05, 0.1) is 12.3 Å². The monoisotopic (exact) mass is 326 g/mol. The van der Waals surface area contributed by atoms with Crippen molar-refractivity contribution in [3.05, 3.63) is 28.2 Å². The molecule has 106 valence electrons. The van der Waals surface area contributed by atoms with E-state index in [-0.39, 0.29) is 12.1 Å². The van der Waals surface area contributed by atoms with Crippen LogP contribution in [0.4, 0.5) is 5.69 Å². The van der Waals surface area contributed by atoms with Crippen LogP contribution in [-0.4, -0.2) is 41.7 Å². The van der Waals surface area contributed by atoms with E-state index in [1.54, 1.807) is 0 Å². The Kier molecular flexibility index (Phi) is 4.54. The van der Waals surface area contributed by atoms with E-state index in [1.165, 1.54) is 5.69 Å². The van der Waals surface area contributed by atoms with Gasteiger partial charge in [-0.15, -0.1) is 0 Å². The summed E-state index contributed by atoms with van der Waals surface area (Å²) >= 11 is 3.61. The van der Waals surface area contributed by atoms with Gasteiger partial charge in [-0.2, -0.15) is 0 Å². The molecule has 0 aromatic heterocycles. The van der Waals surface area contributed by atoms with Gasteiger partial charge in [-0.05, 0) is 54.4 Å². The molecule has 0 spiro atoms. The van der Waals surface area contributed by atoms with E-state index in [9.17, 15) is 0 Å².